The van der Waals surface area contributed by atoms with Crippen LogP contribution in [0.15, 0.2) is 36.9 Å². The largest absolute Gasteiger partial charge is 0.459 e. The fourth-order valence-electron chi connectivity index (χ4n) is 0.589. The van der Waals surface area contributed by atoms with Gasteiger partial charge in [0.05, 0.1) is 0 Å². The van der Waals surface area contributed by atoms with Gasteiger partial charge in [-0.25, -0.2) is 11.2 Å². The third-order valence-electron chi connectivity index (χ3n) is 1.04. The Kier molecular flexibility index (Phi) is 6.55. The summed E-state index contributed by atoms with van der Waals surface area (Å²) in [6.07, 6.45) is 1.83. The van der Waals surface area contributed by atoms with Gasteiger partial charge in [-0.3, -0.25) is 0 Å². The summed E-state index contributed by atoms with van der Waals surface area (Å²) >= 11 is 3.65. The first kappa shape index (κ1) is 11.3. The molecule has 0 heterocycles. The second-order valence-corrected chi connectivity index (χ2v) is 3.12. The van der Waals surface area contributed by atoms with E-state index in [-0.39, 0.29) is 0 Å². The minimum absolute atomic E-state index is 1.17. The standard InChI is InChI=1S/C8H8.HO2S2/c1-2-8-6-4-3-5-7-8;1-4(2)3/h2-7H,1H2;(H,1,2,3)/q;-1. The summed E-state index contributed by atoms with van der Waals surface area (Å²) in [5, 5.41) is 0. The van der Waals surface area contributed by atoms with Crippen molar-refractivity contribution in [2.45, 2.75) is 0 Å². The zero-order valence-electron chi connectivity index (χ0n) is 6.34. The van der Waals surface area contributed by atoms with Crippen LogP contribution in [0.2, 0.25) is 0 Å². The average molecular weight is 201 g/mol. The molecule has 0 aliphatic rings. The fraction of sp³-hybridized carbons (Fsp3) is 0. The molecule has 0 saturated heterocycles. The lowest BCUT2D eigenvalue weighted by atomic mass is 10.2. The van der Waals surface area contributed by atoms with Crippen molar-refractivity contribution in [3.8, 4) is 0 Å². The highest BCUT2D eigenvalue weighted by molar-refractivity contribution is 8.18. The zero-order valence-corrected chi connectivity index (χ0v) is 7.98. The molecule has 1 aromatic carbocycles. The first-order valence-electron chi connectivity index (χ1n) is 3.12. The Bertz CT molecular complexity index is 283. The minimum Gasteiger partial charge on any atom is -0.459 e. The molecule has 0 atom stereocenters. The van der Waals surface area contributed by atoms with E-state index in [4.69, 9.17) is 8.76 Å². The molecule has 4 heteroatoms. The summed E-state index contributed by atoms with van der Waals surface area (Å²) < 4.78 is 16.3. The van der Waals surface area contributed by atoms with Crippen LogP contribution in [0.1, 0.15) is 5.56 Å². The van der Waals surface area contributed by atoms with E-state index in [1.165, 1.54) is 5.56 Å². The molecule has 12 heavy (non-hydrogen) atoms. The summed E-state index contributed by atoms with van der Waals surface area (Å²) in [4.78, 5) is 0. The van der Waals surface area contributed by atoms with Crippen molar-refractivity contribution in [1.82, 2.24) is 0 Å². The van der Waals surface area contributed by atoms with Crippen LogP contribution in [0.3, 0.4) is 0 Å². The highest BCUT2D eigenvalue weighted by Crippen LogP contribution is 1.97. The van der Waals surface area contributed by atoms with Crippen LogP contribution in [0.25, 0.3) is 6.08 Å². The van der Waals surface area contributed by atoms with Gasteiger partial charge < -0.3 is 8.76 Å². The molecule has 1 N–H and O–H groups in total. The smallest absolute Gasteiger partial charge is 0.0263 e. The van der Waals surface area contributed by atoms with E-state index in [9.17, 15) is 0 Å². The molecule has 0 amide bonds. The summed E-state index contributed by atoms with van der Waals surface area (Å²) in [5.41, 5.74) is 1.17. The summed E-state index contributed by atoms with van der Waals surface area (Å²) in [6.45, 7) is 3.63. The zero-order chi connectivity index (χ0) is 9.40. The maximum Gasteiger partial charge on any atom is -0.0263 e. The number of hydrogen-bond donors (Lipinski definition) is 1. The second kappa shape index (κ2) is 6.97. The molecule has 0 bridgehead atoms. The Balaban J connectivity index is 0.000000261. The molecule has 0 aromatic heterocycles. The maximum absolute atomic E-state index is 8.93. The molecular weight excluding hydrogens is 192 g/mol. The Morgan fingerprint density at radius 1 is 1.42 bits per heavy atom. The molecule has 0 spiro atoms. The Morgan fingerprint density at radius 3 is 2.08 bits per heavy atom. The number of hydrogen-bond acceptors (Lipinski definition) is 3. The monoisotopic (exact) mass is 201 g/mol. The molecule has 0 aliphatic carbocycles. The summed E-state index contributed by atoms with van der Waals surface area (Å²) in [7, 11) is -2.03. The van der Waals surface area contributed by atoms with Crippen molar-refractivity contribution in [1.29, 1.82) is 0 Å². The van der Waals surface area contributed by atoms with Crippen molar-refractivity contribution in [2.75, 3.05) is 0 Å². The molecule has 1 rings (SSSR count). The van der Waals surface area contributed by atoms with Gasteiger partial charge in [-0.15, -0.1) is 0 Å². The van der Waals surface area contributed by atoms with Crippen LogP contribution in [-0.4, -0.2) is 4.55 Å². The van der Waals surface area contributed by atoms with E-state index in [0.29, 0.717) is 0 Å². The Labute approximate surface area is 78.5 Å². The third-order valence-corrected chi connectivity index (χ3v) is 1.04. The van der Waals surface area contributed by atoms with Crippen LogP contribution < -0.4 is 0 Å². The molecule has 0 aliphatic heterocycles. The van der Waals surface area contributed by atoms with Gasteiger partial charge in [0.15, 0.2) is 0 Å². The molecule has 66 valence electrons. The lowest BCUT2D eigenvalue weighted by Crippen LogP contribution is -1.63. The van der Waals surface area contributed by atoms with Crippen molar-refractivity contribution < 1.29 is 8.76 Å². The minimum atomic E-state index is -2.03. The van der Waals surface area contributed by atoms with E-state index in [1.807, 2.05) is 36.4 Å². The van der Waals surface area contributed by atoms with E-state index in [2.05, 4.69) is 17.8 Å². The van der Waals surface area contributed by atoms with Crippen molar-refractivity contribution in [3.05, 3.63) is 42.5 Å². The first-order valence-corrected chi connectivity index (χ1v) is 5.16. The predicted molar refractivity (Wildman–Crippen MR) is 54.6 cm³/mol. The molecule has 1 aromatic rings. The van der Waals surface area contributed by atoms with Gasteiger partial charge in [-0.2, -0.15) is 0 Å². The highest BCUT2D eigenvalue weighted by Gasteiger charge is 1.75. The quantitative estimate of drug-likeness (QED) is 0.559. The van der Waals surface area contributed by atoms with Gasteiger partial charge in [-0.05, 0) is 5.56 Å². The number of rotatable bonds is 1. The average Bonchev–Trinajstić information content (AvgIpc) is 2.05. The van der Waals surface area contributed by atoms with Crippen LogP contribution in [-0.2, 0) is 25.0 Å². The Morgan fingerprint density at radius 2 is 1.83 bits per heavy atom. The van der Waals surface area contributed by atoms with Crippen molar-refractivity contribution in [2.24, 2.45) is 0 Å². The van der Waals surface area contributed by atoms with Gasteiger partial charge in [-0.1, -0.05) is 52.6 Å². The van der Waals surface area contributed by atoms with Gasteiger partial charge in [0.2, 0.25) is 0 Å². The lowest BCUT2D eigenvalue weighted by Gasteiger charge is -1.85. The van der Waals surface area contributed by atoms with Crippen LogP contribution in [0.4, 0.5) is 0 Å². The second-order valence-electron chi connectivity index (χ2n) is 1.83. The summed E-state index contributed by atoms with van der Waals surface area (Å²) in [5.74, 6) is 0. The molecule has 0 unspecified atom stereocenters. The first-order chi connectivity index (χ1) is 5.66. The van der Waals surface area contributed by atoms with Crippen molar-refractivity contribution in [3.63, 3.8) is 0 Å². The topological polar surface area (TPSA) is 37.3 Å². The molecule has 0 fully saturated rings. The van der Waals surface area contributed by atoms with E-state index in [1.54, 1.807) is 0 Å². The van der Waals surface area contributed by atoms with Crippen LogP contribution in [0.5, 0.6) is 0 Å². The molecular formula is C8H9O2S2-. The highest BCUT2D eigenvalue weighted by atomic mass is 32.8. The van der Waals surface area contributed by atoms with E-state index < -0.39 is 9.64 Å². The third kappa shape index (κ3) is 7.40. The van der Waals surface area contributed by atoms with Gasteiger partial charge in [0.25, 0.3) is 0 Å². The SMILES string of the molecule is C=Cc1ccccc1.O=[S-](O)=S. The Hall–Kier alpha value is -0.710. The normalized spacial score (nSPS) is 8.50. The number of benzene rings is 1. The molecule has 2 nitrogen and oxygen atoms in total. The molecule has 0 saturated carbocycles. The van der Waals surface area contributed by atoms with Gasteiger partial charge in [0, 0.05) is 0 Å². The predicted octanol–water partition coefficient (Wildman–Crippen LogP) is 2.21. The van der Waals surface area contributed by atoms with Crippen LogP contribution >= 0.6 is 0 Å². The lowest BCUT2D eigenvalue weighted by molar-refractivity contribution is 0.536. The fourth-order valence-corrected chi connectivity index (χ4v) is 0.589. The summed E-state index contributed by atoms with van der Waals surface area (Å²) in [6, 6.07) is 10.0. The molecule has 0 radical (unpaired) electrons. The van der Waals surface area contributed by atoms with Gasteiger partial charge in [0.1, 0.15) is 0 Å². The van der Waals surface area contributed by atoms with Crippen molar-refractivity contribution >= 4 is 26.9 Å². The maximum atomic E-state index is 8.93. The van der Waals surface area contributed by atoms with Crippen LogP contribution in [0, 0.1) is 0 Å². The van der Waals surface area contributed by atoms with E-state index >= 15 is 0 Å². The van der Waals surface area contributed by atoms with E-state index in [0.717, 1.165) is 0 Å². The van der Waals surface area contributed by atoms with Gasteiger partial charge >= 0.3 is 0 Å².